The number of halogens is 1. The van der Waals surface area contributed by atoms with E-state index >= 15 is 0 Å². The molecule has 1 aliphatic heterocycles. The molecule has 0 aliphatic carbocycles. The molecule has 0 unspecified atom stereocenters. The summed E-state index contributed by atoms with van der Waals surface area (Å²) in [5.74, 6) is 0.636. The van der Waals surface area contributed by atoms with Crippen molar-refractivity contribution < 1.29 is 9.18 Å². The van der Waals surface area contributed by atoms with E-state index in [1.807, 2.05) is 9.58 Å². The molecule has 1 aliphatic rings. The lowest BCUT2D eigenvalue weighted by Crippen LogP contribution is -2.41. The van der Waals surface area contributed by atoms with Gasteiger partial charge in [0.1, 0.15) is 18.5 Å². The number of carbonyl (C=O) groups excluding carboxylic acids is 1. The maximum absolute atomic E-state index is 12.9. The molecule has 122 valence electrons. The summed E-state index contributed by atoms with van der Waals surface area (Å²) in [4.78, 5) is 19.2. The quantitative estimate of drug-likeness (QED) is 0.789. The van der Waals surface area contributed by atoms with Gasteiger partial charge in [0.2, 0.25) is 5.91 Å². The summed E-state index contributed by atoms with van der Waals surface area (Å²) in [6, 6.07) is 6.59. The fourth-order valence-electron chi connectivity index (χ4n) is 2.75. The van der Waals surface area contributed by atoms with Crippen LogP contribution in [-0.2, 0) is 4.79 Å². The van der Waals surface area contributed by atoms with Crippen molar-refractivity contribution in [1.82, 2.24) is 19.7 Å². The Labute approximate surface area is 138 Å². The van der Waals surface area contributed by atoms with Gasteiger partial charge in [0.25, 0.3) is 0 Å². The van der Waals surface area contributed by atoms with Crippen LogP contribution in [0.25, 0.3) is 0 Å². The SMILES string of the molecule is O=C(CCSc1ccc(F)cc1)N1CCC[C@H](n2cncn2)C1. The van der Waals surface area contributed by atoms with Gasteiger partial charge in [0.15, 0.2) is 0 Å². The standard InChI is InChI=1S/C16H19FN4OS/c17-13-3-5-15(6-4-13)23-9-7-16(22)20-8-1-2-14(10-20)21-12-18-11-19-21/h3-6,11-12,14H,1-2,7-10H2/t14-/m0/s1. The van der Waals surface area contributed by atoms with Crippen molar-refractivity contribution in [1.29, 1.82) is 0 Å². The van der Waals surface area contributed by atoms with Crippen LogP contribution in [0.5, 0.6) is 0 Å². The van der Waals surface area contributed by atoms with E-state index in [1.54, 1.807) is 30.2 Å². The summed E-state index contributed by atoms with van der Waals surface area (Å²) in [6.45, 7) is 1.51. The van der Waals surface area contributed by atoms with Crippen molar-refractivity contribution in [2.24, 2.45) is 0 Å². The molecule has 1 amide bonds. The van der Waals surface area contributed by atoms with Crippen LogP contribution >= 0.6 is 11.8 Å². The number of hydrogen-bond donors (Lipinski definition) is 0. The van der Waals surface area contributed by atoms with Crippen LogP contribution < -0.4 is 0 Å². The van der Waals surface area contributed by atoms with E-state index in [4.69, 9.17) is 0 Å². The first kappa shape index (κ1) is 16.0. The second kappa shape index (κ2) is 7.59. The number of likely N-dealkylation sites (tertiary alicyclic amines) is 1. The van der Waals surface area contributed by atoms with E-state index in [1.165, 1.54) is 18.5 Å². The average Bonchev–Trinajstić information content (AvgIpc) is 3.11. The summed E-state index contributed by atoms with van der Waals surface area (Å²) < 4.78 is 14.7. The molecular weight excluding hydrogens is 315 g/mol. The Morgan fingerprint density at radius 1 is 1.35 bits per heavy atom. The topological polar surface area (TPSA) is 51.0 Å². The lowest BCUT2D eigenvalue weighted by molar-refractivity contribution is -0.132. The van der Waals surface area contributed by atoms with Crippen LogP contribution in [-0.4, -0.2) is 44.4 Å². The van der Waals surface area contributed by atoms with E-state index in [9.17, 15) is 9.18 Å². The van der Waals surface area contributed by atoms with Gasteiger partial charge in [-0.15, -0.1) is 11.8 Å². The number of carbonyl (C=O) groups is 1. The second-order valence-electron chi connectivity index (χ2n) is 5.56. The number of rotatable bonds is 5. The Balaban J connectivity index is 1.47. The van der Waals surface area contributed by atoms with E-state index in [0.29, 0.717) is 18.7 Å². The molecule has 1 atom stereocenters. The minimum atomic E-state index is -0.238. The number of benzene rings is 1. The van der Waals surface area contributed by atoms with Crippen LogP contribution in [0.2, 0.25) is 0 Å². The Bertz CT molecular complexity index is 632. The number of nitrogens with zero attached hydrogens (tertiary/aromatic N) is 4. The van der Waals surface area contributed by atoms with Gasteiger partial charge < -0.3 is 4.90 Å². The van der Waals surface area contributed by atoms with Crippen molar-refractivity contribution in [2.75, 3.05) is 18.8 Å². The minimum Gasteiger partial charge on any atom is -0.341 e. The summed E-state index contributed by atoms with van der Waals surface area (Å²) in [5.41, 5.74) is 0. The summed E-state index contributed by atoms with van der Waals surface area (Å²) >= 11 is 1.58. The summed E-state index contributed by atoms with van der Waals surface area (Å²) in [5, 5.41) is 4.18. The molecule has 0 spiro atoms. The Morgan fingerprint density at radius 3 is 2.91 bits per heavy atom. The molecule has 2 aromatic rings. The van der Waals surface area contributed by atoms with Crippen LogP contribution in [0, 0.1) is 5.82 Å². The minimum absolute atomic E-state index is 0.171. The van der Waals surface area contributed by atoms with E-state index in [-0.39, 0.29) is 17.8 Å². The molecule has 2 heterocycles. The predicted octanol–water partition coefficient (Wildman–Crippen LogP) is 2.76. The zero-order valence-electron chi connectivity index (χ0n) is 12.8. The Kier molecular flexibility index (Phi) is 5.27. The van der Waals surface area contributed by atoms with Crippen molar-refractivity contribution in [3.8, 4) is 0 Å². The Hall–Kier alpha value is -1.89. The molecule has 1 fully saturated rings. The normalized spacial score (nSPS) is 18.1. The number of piperidine rings is 1. The Morgan fingerprint density at radius 2 is 2.17 bits per heavy atom. The molecule has 0 saturated carbocycles. The van der Waals surface area contributed by atoms with Crippen molar-refractivity contribution >= 4 is 17.7 Å². The molecule has 3 rings (SSSR count). The second-order valence-corrected chi connectivity index (χ2v) is 6.73. The number of aromatic nitrogens is 3. The third-order valence-corrected chi connectivity index (χ3v) is 4.97. The van der Waals surface area contributed by atoms with Gasteiger partial charge in [-0.05, 0) is 37.1 Å². The first-order valence-electron chi connectivity index (χ1n) is 7.72. The van der Waals surface area contributed by atoms with Gasteiger partial charge in [-0.3, -0.25) is 4.79 Å². The van der Waals surface area contributed by atoms with Crippen molar-refractivity contribution in [3.05, 3.63) is 42.7 Å². The smallest absolute Gasteiger partial charge is 0.223 e. The monoisotopic (exact) mass is 334 g/mol. The fourth-order valence-corrected chi connectivity index (χ4v) is 3.59. The van der Waals surface area contributed by atoms with Gasteiger partial charge >= 0.3 is 0 Å². The molecule has 23 heavy (non-hydrogen) atoms. The largest absolute Gasteiger partial charge is 0.341 e. The van der Waals surface area contributed by atoms with E-state index < -0.39 is 0 Å². The first-order valence-corrected chi connectivity index (χ1v) is 8.71. The molecule has 0 bridgehead atoms. The zero-order valence-corrected chi connectivity index (χ0v) is 13.6. The zero-order chi connectivity index (χ0) is 16.1. The highest BCUT2D eigenvalue weighted by Crippen LogP contribution is 2.23. The summed E-state index contributed by atoms with van der Waals surface area (Å²) in [6.07, 6.45) is 5.74. The molecule has 1 aromatic heterocycles. The summed E-state index contributed by atoms with van der Waals surface area (Å²) in [7, 11) is 0. The average molecular weight is 334 g/mol. The number of thioether (sulfide) groups is 1. The molecular formula is C16H19FN4OS. The van der Waals surface area contributed by atoms with E-state index in [2.05, 4.69) is 10.1 Å². The fraction of sp³-hybridized carbons (Fsp3) is 0.438. The molecule has 1 saturated heterocycles. The van der Waals surface area contributed by atoms with Gasteiger partial charge in [-0.1, -0.05) is 0 Å². The van der Waals surface area contributed by atoms with Gasteiger partial charge in [-0.2, -0.15) is 5.10 Å². The van der Waals surface area contributed by atoms with Crippen LogP contribution in [0.4, 0.5) is 4.39 Å². The van der Waals surface area contributed by atoms with Gasteiger partial charge in [0.05, 0.1) is 6.04 Å². The van der Waals surface area contributed by atoms with Crippen LogP contribution in [0.15, 0.2) is 41.8 Å². The highest BCUT2D eigenvalue weighted by atomic mass is 32.2. The van der Waals surface area contributed by atoms with Crippen molar-refractivity contribution in [3.63, 3.8) is 0 Å². The third-order valence-electron chi connectivity index (χ3n) is 3.96. The van der Waals surface area contributed by atoms with Crippen LogP contribution in [0.3, 0.4) is 0 Å². The first-order chi connectivity index (χ1) is 11.2. The predicted molar refractivity (Wildman–Crippen MR) is 86.6 cm³/mol. The lowest BCUT2D eigenvalue weighted by Gasteiger charge is -2.32. The van der Waals surface area contributed by atoms with Crippen LogP contribution in [0.1, 0.15) is 25.3 Å². The molecule has 1 aromatic carbocycles. The van der Waals surface area contributed by atoms with Crippen molar-refractivity contribution in [2.45, 2.75) is 30.2 Å². The van der Waals surface area contributed by atoms with E-state index in [0.717, 1.165) is 24.3 Å². The molecule has 7 heteroatoms. The maximum atomic E-state index is 12.9. The number of hydrogen-bond acceptors (Lipinski definition) is 4. The lowest BCUT2D eigenvalue weighted by atomic mass is 10.1. The highest BCUT2D eigenvalue weighted by molar-refractivity contribution is 7.99. The van der Waals surface area contributed by atoms with Gasteiger partial charge in [0, 0.05) is 30.2 Å². The highest BCUT2D eigenvalue weighted by Gasteiger charge is 2.24. The molecule has 0 radical (unpaired) electrons. The third kappa shape index (κ3) is 4.31. The van der Waals surface area contributed by atoms with Gasteiger partial charge in [-0.25, -0.2) is 14.1 Å². The maximum Gasteiger partial charge on any atom is 0.223 e. The number of amides is 1. The molecule has 0 N–H and O–H groups in total. The molecule has 5 nitrogen and oxygen atoms in total.